The monoisotopic (exact) mass is 391 g/mol. The van der Waals surface area contributed by atoms with Gasteiger partial charge in [0.25, 0.3) is 11.8 Å². The number of imidazole rings is 1. The lowest BCUT2D eigenvalue weighted by molar-refractivity contribution is 0.0847. The minimum Gasteiger partial charge on any atom is -0.329 e. The van der Waals surface area contributed by atoms with Crippen molar-refractivity contribution in [2.24, 2.45) is 0 Å². The summed E-state index contributed by atoms with van der Waals surface area (Å²) in [5, 5.41) is 4.19. The van der Waals surface area contributed by atoms with Crippen molar-refractivity contribution in [2.45, 2.75) is 34.2 Å². The molecule has 0 bridgehead atoms. The maximum atomic E-state index is 12.5. The molecule has 0 aliphatic heterocycles. The Morgan fingerprint density at radius 2 is 1.79 bits per heavy atom. The van der Waals surface area contributed by atoms with Gasteiger partial charge < -0.3 is 4.57 Å². The quantitative estimate of drug-likeness (QED) is 0.520. The summed E-state index contributed by atoms with van der Waals surface area (Å²) in [6, 6.07) is 7.15. The van der Waals surface area contributed by atoms with Crippen LogP contribution in [0.2, 0.25) is 0 Å². The molecule has 2 N–H and O–H groups in total. The number of rotatable bonds is 3. The molecule has 0 spiro atoms. The highest BCUT2D eigenvalue weighted by Crippen LogP contribution is 2.18. The number of fused-ring (bicyclic) bond motifs is 2. The number of carbonyl (C=O) groups is 2. The summed E-state index contributed by atoms with van der Waals surface area (Å²) >= 11 is 0. The van der Waals surface area contributed by atoms with E-state index < -0.39 is 11.8 Å². The normalized spacial score (nSPS) is 11.2. The summed E-state index contributed by atoms with van der Waals surface area (Å²) in [4.78, 5) is 33.9. The van der Waals surface area contributed by atoms with Crippen LogP contribution in [-0.2, 0) is 6.54 Å². The fraction of sp³-hybridized carbons (Fsp3) is 0.250. The van der Waals surface area contributed by atoms with Crippen LogP contribution in [0.1, 0.15) is 44.9 Å². The molecule has 1 aromatic carbocycles. The van der Waals surface area contributed by atoms with Crippen LogP contribution in [0, 0.1) is 20.8 Å². The Bertz CT molecular complexity index is 1270. The molecule has 3 aromatic heterocycles. The molecule has 0 aliphatic carbocycles. The van der Waals surface area contributed by atoms with Crippen LogP contribution in [-0.4, -0.2) is 36.0 Å². The number of nitrogens with zero attached hydrogens (tertiary/aromatic N) is 5. The molecule has 3 heterocycles. The van der Waals surface area contributed by atoms with Crippen LogP contribution in [0.25, 0.3) is 16.7 Å². The lowest BCUT2D eigenvalue weighted by atomic mass is 10.2. The van der Waals surface area contributed by atoms with E-state index in [1.165, 1.54) is 6.20 Å². The molecule has 9 heteroatoms. The molecule has 4 aromatic rings. The molecular formula is C20H21N7O2. The Morgan fingerprint density at radius 1 is 1.03 bits per heavy atom. The lowest BCUT2D eigenvalue weighted by Crippen LogP contribution is -2.41. The van der Waals surface area contributed by atoms with Crippen LogP contribution >= 0.6 is 0 Å². The van der Waals surface area contributed by atoms with Gasteiger partial charge in [-0.1, -0.05) is 0 Å². The summed E-state index contributed by atoms with van der Waals surface area (Å²) in [7, 11) is 0. The topological polar surface area (TPSA) is 106 Å². The molecule has 4 rings (SSSR count). The van der Waals surface area contributed by atoms with Gasteiger partial charge in [-0.15, -0.1) is 0 Å². The number of hydrazine groups is 1. The molecule has 0 saturated heterocycles. The number of carbonyl (C=O) groups excluding carboxylic acids is 2. The zero-order valence-corrected chi connectivity index (χ0v) is 16.6. The van der Waals surface area contributed by atoms with Gasteiger partial charge in [-0.05, 0) is 52.0 Å². The molecule has 29 heavy (non-hydrogen) atoms. The van der Waals surface area contributed by atoms with E-state index >= 15 is 0 Å². The second kappa shape index (κ2) is 7.01. The fourth-order valence-corrected chi connectivity index (χ4v) is 3.47. The molecule has 0 saturated carbocycles. The van der Waals surface area contributed by atoms with Crippen molar-refractivity contribution in [3.8, 4) is 0 Å². The Kier molecular flexibility index (Phi) is 4.50. The van der Waals surface area contributed by atoms with Crippen LogP contribution in [0.15, 0.2) is 30.5 Å². The van der Waals surface area contributed by atoms with Gasteiger partial charge >= 0.3 is 0 Å². The molecule has 0 unspecified atom stereocenters. The number of hydrogen-bond acceptors (Lipinski definition) is 5. The van der Waals surface area contributed by atoms with Gasteiger partial charge in [-0.3, -0.25) is 20.4 Å². The van der Waals surface area contributed by atoms with E-state index in [4.69, 9.17) is 0 Å². The molecule has 9 nitrogen and oxygen atoms in total. The first kappa shape index (κ1) is 18.6. The lowest BCUT2D eigenvalue weighted by Gasteiger charge is -2.07. The van der Waals surface area contributed by atoms with Crippen molar-refractivity contribution in [1.82, 2.24) is 35.0 Å². The van der Waals surface area contributed by atoms with Gasteiger partial charge in [0.2, 0.25) is 0 Å². The van der Waals surface area contributed by atoms with E-state index in [9.17, 15) is 9.59 Å². The van der Waals surface area contributed by atoms with Gasteiger partial charge in [-0.25, -0.2) is 14.5 Å². The largest absolute Gasteiger partial charge is 0.329 e. The Morgan fingerprint density at radius 3 is 2.55 bits per heavy atom. The van der Waals surface area contributed by atoms with Crippen molar-refractivity contribution in [3.63, 3.8) is 0 Å². The molecule has 0 radical (unpaired) electrons. The smallest absolute Gasteiger partial charge is 0.275 e. The van der Waals surface area contributed by atoms with Crippen molar-refractivity contribution in [3.05, 3.63) is 58.8 Å². The third kappa shape index (κ3) is 3.20. The number of amides is 2. The minimum absolute atomic E-state index is 0.282. The second-order valence-corrected chi connectivity index (χ2v) is 6.85. The maximum Gasteiger partial charge on any atom is 0.275 e. The number of hydrogen-bond donors (Lipinski definition) is 2. The average Bonchev–Trinajstić information content (AvgIpc) is 3.25. The number of nitrogens with one attached hydrogen (secondary N) is 2. The third-order valence-corrected chi connectivity index (χ3v) is 4.83. The van der Waals surface area contributed by atoms with E-state index in [0.717, 1.165) is 34.8 Å². The molecule has 2 amide bonds. The average molecular weight is 391 g/mol. The van der Waals surface area contributed by atoms with Gasteiger partial charge in [0.15, 0.2) is 5.65 Å². The van der Waals surface area contributed by atoms with Gasteiger partial charge in [0, 0.05) is 23.5 Å². The first-order valence-corrected chi connectivity index (χ1v) is 9.28. The van der Waals surface area contributed by atoms with Crippen molar-refractivity contribution < 1.29 is 9.59 Å². The number of aryl methyl sites for hydroxylation is 4. The highest BCUT2D eigenvalue weighted by atomic mass is 16.2. The predicted octanol–water partition coefficient (Wildman–Crippen LogP) is 2.10. The van der Waals surface area contributed by atoms with E-state index in [0.29, 0.717) is 11.2 Å². The zero-order chi connectivity index (χ0) is 20.7. The molecular weight excluding hydrogens is 370 g/mol. The van der Waals surface area contributed by atoms with Crippen LogP contribution in [0.5, 0.6) is 0 Å². The molecule has 0 atom stereocenters. The number of aromatic nitrogens is 5. The van der Waals surface area contributed by atoms with Crippen molar-refractivity contribution in [1.29, 1.82) is 0 Å². The Hall–Kier alpha value is -3.75. The standard InChI is InChI=1S/C20H21N7O2/c1-5-26-13(4)23-16-9-14(6-7-17(16)26)19(28)24-25-20(29)15-10-21-27-12(3)8-11(2)22-18(15)27/h6-10H,5H2,1-4H3,(H,24,28)(H,25,29). The first-order chi connectivity index (χ1) is 13.9. The van der Waals surface area contributed by atoms with Gasteiger partial charge in [-0.2, -0.15) is 5.10 Å². The Labute approximate surface area is 166 Å². The fourth-order valence-electron chi connectivity index (χ4n) is 3.47. The summed E-state index contributed by atoms with van der Waals surface area (Å²) in [6.45, 7) is 8.51. The van der Waals surface area contributed by atoms with Crippen molar-refractivity contribution >= 4 is 28.5 Å². The number of benzene rings is 1. The second-order valence-electron chi connectivity index (χ2n) is 6.85. The van der Waals surface area contributed by atoms with Gasteiger partial charge in [0.1, 0.15) is 11.4 Å². The third-order valence-electron chi connectivity index (χ3n) is 4.83. The SMILES string of the molecule is CCn1c(C)nc2cc(C(=O)NNC(=O)c3cnn4c(C)cc(C)nc34)ccc21. The molecule has 148 valence electrons. The summed E-state index contributed by atoms with van der Waals surface area (Å²) in [6.07, 6.45) is 1.43. The highest BCUT2D eigenvalue weighted by Gasteiger charge is 2.17. The van der Waals surface area contributed by atoms with E-state index in [2.05, 4.69) is 30.5 Å². The Balaban J connectivity index is 1.52. The molecule has 0 fully saturated rings. The zero-order valence-electron chi connectivity index (χ0n) is 16.6. The van der Waals surface area contributed by atoms with Crippen molar-refractivity contribution in [2.75, 3.05) is 0 Å². The van der Waals surface area contributed by atoms with E-state index in [-0.39, 0.29) is 5.56 Å². The predicted molar refractivity (Wildman–Crippen MR) is 108 cm³/mol. The molecule has 0 aliphatic rings. The highest BCUT2D eigenvalue weighted by molar-refractivity contribution is 6.03. The maximum absolute atomic E-state index is 12.5. The van der Waals surface area contributed by atoms with Crippen LogP contribution < -0.4 is 10.9 Å². The first-order valence-electron chi connectivity index (χ1n) is 9.28. The minimum atomic E-state index is -0.488. The van der Waals surface area contributed by atoms with E-state index in [1.54, 1.807) is 16.6 Å². The van der Waals surface area contributed by atoms with Crippen LogP contribution in [0.3, 0.4) is 0 Å². The van der Waals surface area contributed by atoms with E-state index in [1.807, 2.05) is 39.8 Å². The van der Waals surface area contributed by atoms with Crippen LogP contribution in [0.4, 0.5) is 0 Å². The van der Waals surface area contributed by atoms with Gasteiger partial charge in [0.05, 0.1) is 17.2 Å². The summed E-state index contributed by atoms with van der Waals surface area (Å²) in [5.41, 5.74) is 9.36. The summed E-state index contributed by atoms with van der Waals surface area (Å²) in [5.74, 6) is -0.0293. The summed E-state index contributed by atoms with van der Waals surface area (Å²) < 4.78 is 3.66.